The molecule has 1 aliphatic heterocycles. The third kappa shape index (κ3) is 4.18. The maximum atomic E-state index is 9.35. The Morgan fingerprint density at radius 2 is 2.00 bits per heavy atom. The summed E-state index contributed by atoms with van der Waals surface area (Å²) in [6.07, 6.45) is 0. The molecule has 106 valence electrons. The first-order valence-corrected chi connectivity index (χ1v) is 6.70. The Morgan fingerprint density at radius 1 is 1.21 bits per heavy atom. The normalized spacial score (nSPS) is 24.3. The van der Waals surface area contributed by atoms with E-state index in [4.69, 9.17) is 4.74 Å². The minimum absolute atomic E-state index is 0.0829. The number of rotatable bonds is 6. The molecule has 1 saturated heterocycles. The van der Waals surface area contributed by atoms with E-state index in [-0.39, 0.29) is 25.3 Å². The summed E-state index contributed by atoms with van der Waals surface area (Å²) in [4.78, 5) is 2.17. The van der Waals surface area contributed by atoms with Gasteiger partial charge < -0.3 is 20.3 Å². The molecule has 19 heavy (non-hydrogen) atoms. The molecule has 0 aromatic heterocycles. The molecule has 1 aliphatic rings. The van der Waals surface area contributed by atoms with Gasteiger partial charge >= 0.3 is 0 Å². The number of piperazine rings is 1. The number of aliphatic hydroxyl groups is 2. The van der Waals surface area contributed by atoms with Crippen molar-refractivity contribution in [2.75, 3.05) is 39.5 Å². The fourth-order valence-corrected chi connectivity index (χ4v) is 2.30. The first-order valence-electron chi connectivity index (χ1n) is 6.70. The zero-order valence-corrected chi connectivity index (χ0v) is 11.0. The Bertz CT molecular complexity index is 361. The molecule has 2 rings (SSSR count). The highest BCUT2D eigenvalue weighted by atomic mass is 16.5. The van der Waals surface area contributed by atoms with Gasteiger partial charge in [0.05, 0.1) is 13.2 Å². The first-order chi connectivity index (χ1) is 9.33. The van der Waals surface area contributed by atoms with Crippen LogP contribution in [0.2, 0.25) is 0 Å². The zero-order chi connectivity index (χ0) is 13.5. The third-order valence-corrected chi connectivity index (χ3v) is 3.44. The summed E-state index contributed by atoms with van der Waals surface area (Å²) in [5.41, 5.74) is 0. The number of nitrogens with zero attached hydrogens (tertiary/aromatic N) is 1. The predicted octanol–water partition coefficient (Wildman–Crippen LogP) is -0.308. The minimum atomic E-state index is 0.0829. The van der Waals surface area contributed by atoms with E-state index >= 15 is 0 Å². The van der Waals surface area contributed by atoms with Crippen molar-refractivity contribution in [1.29, 1.82) is 0 Å². The topological polar surface area (TPSA) is 65.0 Å². The third-order valence-electron chi connectivity index (χ3n) is 3.44. The van der Waals surface area contributed by atoms with Crippen LogP contribution in [0.25, 0.3) is 0 Å². The summed E-state index contributed by atoms with van der Waals surface area (Å²) in [6.45, 7) is 3.01. The largest absolute Gasteiger partial charge is 0.492 e. The lowest BCUT2D eigenvalue weighted by atomic mass is 10.1. The van der Waals surface area contributed by atoms with Crippen LogP contribution in [0.3, 0.4) is 0 Å². The number of aliphatic hydroxyl groups excluding tert-OH is 2. The lowest BCUT2D eigenvalue weighted by molar-refractivity contribution is 0.0547. The van der Waals surface area contributed by atoms with Gasteiger partial charge in [0.1, 0.15) is 12.4 Å². The molecule has 2 atom stereocenters. The lowest BCUT2D eigenvalue weighted by Gasteiger charge is -2.38. The number of hydrogen-bond acceptors (Lipinski definition) is 5. The van der Waals surface area contributed by atoms with Crippen LogP contribution in [0.5, 0.6) is 5.75 Å². The Balaban J connectivity index is 1.79. The quantitative estimate of drug-likeness (QED) is 0.659. The molecular weight excluding hydrogens is 244 g/mol. The molecule has 2 unspecified atom stereocenters. The standard InChI is InChI=1S/C14H22N2O3/c17-10-12-9-16(13(11-18)8-15-12)6-7-19-14-4-2-1-3-5-14/h1-5,12-13,15,17-18H,6-11H2. The van der Waals surface area contributed by atoms with Crippen molar-refractivity contribution in [3.63, 3.8) is 0 Å². The second-order valence-electron chi connectivity index (χ2n) is 4.78. The van der Waals surface area contributed by atoms with Crippen molar-refractivity contribution < 1.29 is 14.9 Å². The highest BCUT2D eigenvalue weighted by molar-refractivity contribution is 5.20. The Kier molecular flexibility index (Phi) is 5.60. The molecule has 5 heteroatoms. The van der Waals surface area contributed by atoms with Gasteiger partial charge in [-0.25, -0.2) is 0 Å². The fraction of sp³-hybridized carbons (Fsp3) is 0.571. The van der Waals surface area contributed by atoms with Gasteiger partial charge in [-0.15, -0.1) is 0 Å². The van der Waals surface area contributed by atoms with E-state index in [0.717, 1.165) is 18.8 Å². The average Bonchev–Trinajstić information content (AvgIpc) is 2.48. The summed E-state index contributed by atoms with van der Waals surface area (Å²) in [7, 11) is 0. The van der Waals surface area contributed by atoms with Crippen molar-refractivity contribution in [3.8, 4) is 5.75 Å². The van der Waals surface area contributed by atoms with Gasteiger partial charge in [-0.3, -0.25) is 4.90 Å². The predicted molar refractivity (Wildman–Crippen MR) is 73.3 cm³/mol. The zero-order valence-electron chi connectivity index (χ0n) is 11.0. The van der Waals surface area contributed by atoms with Crippen LogP contribution in [0.15, 0.2) is 30.3 Å². The van der Waals surface area contributed by atoms with Gasteiger partial charge in [-0.1, -0.05) is 18.2 Å². The van der Waals surface area contributed by atoms with Crippen molar-refractivity contribution in [3.05, 3.63) is 30.3 Å². The molecule has 0 amide bonds. The average molecular weight is 266 g/mol. The van der Waals surface area contributed by atoms with Gasteiger partial charge in [0.25, 0.3) is 0 Å². The van der Waals surface area contributed by atoms with Crippen molar-refractivity contribution in [1.82, 2.24) is 10.2 Å². The van der Waals surface area contributed by atoms with E-state index in [9.17, 15) is 10.2 Å². The van der Waals surface area contributed by atoms with Gasteiger partial charge in [-0.05, 0) is 12.1 Å². The molecule has 5 nitrogen and oxygen atoms in total. The monoisotopic (exact) mass is 266 g/mol. The fourth-order valence-electron chi connectivity index (χ4n) is 2.30. The van der Waals surface area contributed by atoms with Crippen LogP contribution in [-0.4, -0.2) is 66.7 Å². The van der Waals surface area contributed by atoms with Crippen molar-refractivity contribution in [2.24, 2.45) is 0 Å². The van der Waals surface area contributed by atoms with Gasteiger partial charge in [0.15, 0.2) is 0 Å². The van der Waals surface area contributed by atoms with E-state index in [0.29, 0.717) is 13.2 Å². The number of benzene rings is 1. The van der Waals surface area contributed by atoms with Crippen LogP contribution in [0.4, 0.5) is 0 Å². The molecule has 0 aliphatic carbocycles. The summed E-state index contributed by atoms with van der Waals surface area (Å²) in [5.74, 6) is 0.858. The highest BCUT2D eigenvalue weighted by Crippen LogP contribution is 2.10. The molecule has 0 spiro atoms. The maximum Gasteiger partial charge on any atom is 0.119 e. The number of nitrogens with one attached hydrogen (secondary N) is 1. The van der Waals surface area contributed by atoms with Crippen LogP contribution < -0.4 is 10.1 Å². The van der Waals surface area contributed by atoms with Gasteiger partial charge in [0.2, 0.25) is 0 Å². The molecular formula is C14H22N2O3. The van der Waals surface area contributed by atoms with E-state index in [1.54, 1.807) is 0 Å². The van der Waals surface area contributed by atoms with Crippen molar-refractivity contribution in [2.45, 2.75) is 12.1 Å². The second kappa shape index (κ2) is 7.45. The van der Waals surface area contributed by atoms with E-state index < -0.39 is 0 Å². The van der Waals surface area contributed by atoms with Crippen LogP contribution in [0.1, 0.15) is 0 Å². The molecule has 3 N–H and O–H groups in total. The summed E-state index contributed by atoms with van der Waals surface area (Å²) < 4.78 is 5.66. The van der Waals surface area contributed by atoms with E-state index in [2.05, 4.69) is 10.2 Å². The Morgan fingerprint density at radius 3 is 2.68 bits per heavy atom. The maximum absolute atomic E-state index is 9.35. The minimum Gasteiger partial charge on any atom is -0.492 e. The first kappa shape index (κ1) is 14.3. The van der Waals surface area contributed by atoms with Crippen LogP contribution in [-0.2, 0) is 0 Å². The van der Waals surface area contributed by atoms with Crippen LogP contribution in [0, 0.1) is 0 Å². The summed E-state index contributed by atoms with van der Waals surface area (Å²) in [6, 6.07) is 9.88. The molecule has 0 bridgehead atoms. The molecule has 0 radical (unpaired) electrons. The second-order valence-corrected chi connectivity index (χ2v) is 4.78. The van der Waals surface area contributed by atoms with E-state index in [1.165, 1.54) is 0 Å². The summed E-state index contributed by atoms with van der Waals surface area (Å²) >= 11 is 0. The van der Waals surface area contributed by atoms with Crippen molar-refractivity contribution >= 4 is 0 Å². The van der Waals surface area contributed by atoms with Gasteiger partial charge in [0, 0.05) is 31.7 Å². The number of ether oxygens (including phenoxy) is 1. The van der Waals surface area contributed by atoms with E-state index in [1.807, 2.05) is 30.3 Å². The summed E-state index contributed by atoms with van der Waals surface area (Å²) in [5, 5.41) is 21.8. The van der Waals surface area contributed by atoms with Crippen LogP contribution >= 0.6 is 0 Å². The molecule has 1 heterocycles. The van der Waals surface area contributed by atoms with Gasteiger partial charge in [-0.2, -0.15) is 0 Å². The lowest BCUT2D eigenvalue weighted by Crippen LogP contribution is -2.59. The SMILES string of the molecule is OCC1CN(CCOc2ccccc2)C(CO)CN1. The number of para-hydroxylation sites is 1. The molecule has 0 saturated carbocycles. The smallest absolute Gasteiger partial charge is 0.119 e. The molecule has 1 aromatic carbocycles. The molecule has 1 fully saturated rings. The molecule has 1 aromatic rings. The Hall–Kier alpha value is -1.14. The number of hydrogen-bond donors (Lipinski definition) is 3. The highest BCUT2D eigenvalue weighted by Gasteiger charge is 2.26. The Labute approximate surface area is 113 Å².